The number of rotatable bonds is 3. The second-order valence-corrected chi connectivity index (χ2v) is 4.87. The van der Waals surface area contributed by atoms with Gasteiger partial charge in [-0.2, -0.15) is 0 Å². The van der Waals surface area contributed by atoms with E-state index < -0.39 is 11.6 Å². The van der Waals surface area contributed by atoms with Crippen molar-refractivity contribution >= 4 is 28.1 Å². The summed E-state index contributed by atoms with van der Waals surface area (Å²) in [5.41, 5.74) is 0.621. The maximum Gasteiger partial charge on any atom is 0.161 e. The molecule has 1 heterocycles. The monoisotopic (exact) mass is 298 g/mol. The van der Waals surface area contributed by atoms with Gasteiger partial charge in [0.2, 0.25) is 0 Å². The summed E-state index contributed by atoms with van der Waals surface area (Å²) < 4.78 is 26.7. The van der Waals surface area contributed by atoms with Crippen molar-refractivity contribution in [1.82, 2.24) is 4.98 Å². The maximum atomic E-state index is 13.8. The molecule has 0 spiro atoms. The smallest absolute Gasteiger partial charge is 0.161 e. The number of halogens is 2. The number of ketones is 1. The largest absolute Gasteiger partial charge is 0.337 e. The van der Waals surface area contributed by atoms with Gasteiger partial charge in [0.1, 0.15) is 17.5 Å². The van der Waals surface area contributed by atoms with Gasteiger partial charge in [-0.1, -0.05) is 24.3 Å². The molecule has 5 heteroatoms. The molecule has 2 aromatic carbocycles. The topological polar surface area (TPSA) is 42.0 Å². The number of carbonyl (C=O) groups is 1. The van der Waals surface area contributed by atoms with E-state index in [4.69, 9.17) is 0 Å². The van der Waals surface area contributed by atoms with Crippen LogP contribution in [0.15, 0.2) is 48.7 Å². The molecule has 110 valence electrons. The summed E-state index contributed by atoms with van der Waals surface area (Å²) in [5.74, 6) is -1.04. The summed E-state index contributed by atoms with van der Waals surface area (Å²) in [6.45, 7) is 1.47. The molecule has 1 N–H and O–H groups in total. The molecular weight excluding hydrogens is 286 g/mol. The molecule has 0 aliphatic carbocycles. The second-order valence-electron chi connectivity index (χ2n) is 4.87. The number of aromatic nitrogens is 1. The number of nitrogens with zero attached hydrogens (tertiary/aromatic N) is 1. The van der Waals surface area contributed by atoms with Gasteiger partial charge in [0.25, 0.3) is 0 Å². The highest BCUT2D eigenvalue weighted by Gasteiger charge is 2.12. The van der Waals surface area contributed by atoms with E-state index in [1.807, 2.05) is 6.07 Å². The van der Waals surface area contributed by atoms with E-state index in [1.165, 1.54) is 19.2 Å². The Kier molecular flexibility index (Phi) is 3.55. The van der Waals surface area contributed by atoms with Crippen LogP contribution in [0, 0.1) is 11.6 Å². The molecule has 0 saturated carbocycles. The van der Waals surface area contributed by atoms with Crippen LogP contribution < -0.4 is 5.32 Å². The SMILES string of the molecule is CC(=O)c1cnc(Nc2ccc(F)cc2F)c2ccccc12. The van der Waals surface area contributed by atoms with Gasteiger partial charge in [-0.25, -0.2) is 13.8 Å². The highest BCUT2D eigenvalue weighted by atomic mass is 19.1. The van der Waals surface area contributed by atoms with E-state index in [0.717, 1.165) is 17.5 Å². The summed E-state index contributed by atoms with van der Waals surface area (Å²) >= 11 is 0. The minimum atomic E-state index is -0.707. The van der Waals surface area contributed by atoms with E-state index in [0.29, 0.717) is 16.8 Å². The molecule has 0 unspecified atom stereocenters. The first-order chi connectivity index (χ1) is 10.6. The molecule has 0 saturated heterocycles. The van der Waals surface area contributed by atoms with Crippen LogP contribution in [-0.2, 0) is 0 Å². The summed E-state index contributed by atoms with van der Waals surface area (Å²) in [5, 5.41) is 4.27. The van der Waals surface area contributed by atoms with E-state index in [2.05, 4.69) is 10.3 Å². The van der Waals surface area contributed by atoms with Gasteiger partial charge in [-0.3, -0.25) is 4.79 Å². The average Bonchev–Trinajstić information content (AvgIpc) is 2.50. The Balaban J connectivity index is 2.12. The molecule has 0 fully saturated rings. The van der Waals surface area contributed by atoms with Crippen molar-refractivity contribution in [1.29, 1.82) is 0 Å². The molecule has 0 bridgehead atoms. The van der Waals surface area contributed by atoms with E-state index in [-0.39, 0.29) is 11.5 Å². The number of Topliss-reactive ketones (excluding diaryl/α,β-unsaturated/α-hetero) is 1. The number of anilines is 2. The average molecular weight is 298 g/mol. The first-order valence-corrected chi connectivity index (χ1v) is 6.67. The molecule has 0 atom stereocenters. The molecule has 0 aliphatic rings. The number of hydrogen-bond donors (Lipinski definition) is 1. The number of benzene rings is 2. The van der Waals surface area contributed by atoms with Crippen molar-refractivity contribution in [3.8, 4) is 0 Å². The van der Waals surface area contributed by atoms with Crippen molar-refractivity contribution in [2.24, 2.45) is 0 Å². The van der Waals surface area contributed by atoms with Gasteiger partial charge in [-0.05, 0) is 24.4 Å². The molecule has 3 rings (SSSR count). The standard InChI is InChI=1S/C17H12F2N2O/c1-10(22)14-9-20-17(13-5-3-2-4-12(13)14)21-16-7-6-11(18)8-15(16)19/h2-9H,1H3,(H,20,21). The Morgan fingerprint density at radius 3 is 2.50 bits per heavy atom. The van der Waals surface area contributed by atoms with Crippen LogP contribution in [0.5, 0.6) is 0 Å². The van der Waals surface area contributed by atoms with Crippen LogP contribution in [0.4, 0.5) is 20.3 Å². The third-order valence-corrected chi connectivity index (χ3v) is 3.36. The quantitative estimate of drug-likeness (QED) is 0.726. The lowest BCUT2D eigenvalue weighted by atomic mass is 10.0. The third kappa shape index (κ3) is 2.53. The lowest BCUT2D eigenvalue weighted by Crippen LogP contribution is -2.01. The second kappa shape index (κ2) is 5.52. The van der Waals surface area contributed by atoms with Crippen LogP contribution >= 0.6 is 0 Å². The minimum absolute atomic E-state index is 0.0942. The first kappa shape index (κ1) is 14.1. The number of fused-ring (bicyclic) bond motifs is 1. The van der Waals surface area contributed by atoms with Crippen LogP contribution in [0.3, 0.4) is 0 Å². The van der Waals surface area contributed by atoms with Crippen molar-refractivity contribution < 1.29 is 13.6 Å². The number of carbonyl (C=O) groups excluding carboxylic acids is 1. The molecule has 3 aromatic rings. The summed E-state index contributed by atoms with van der Waals surface area (Å²) in [7, 11) is 0. The predicted octanol–water partition coefficient (Wildman–Crippen LogP) is 4.46. The highest BCUT2D eigenvalue weighted by molar-refractivity contribution is 6.09. The molecular formula is C17H12F2N2O. The number of nitrogens with one attached hydrogen (secondary N) is 1. The Morgan fingerprint density at radius 2 is 1.82 bits per heavy atom. The molecule has 0 amide bonds. The fourth-order valence-electron chi connectivity index (χ4n) is 2.29. The predicted molar refractivity (Wildman–Crippen MR) is 81.4 cm³/mol. The van der Waals surface area contributed by atoms with Gasteiger partial charge >= 0.3 is 0 Å². The van der Waals surface area contributed by atoms with Crippen molar-refractivity contribution in [2.45, 2.75) is 6.92 Å². The summed E-state index contributed by atoms with van der Waals surface area (Å²) in [4.78, 5) is 15.9. The lowest BCUT2D eigenvalue weighted by Gasteiger charge is -2.11. The Morgan fingerprint density at radius 1 is 1.09 bits per heavy atom. The molecule has 3 nitrogen and oxygen atoms in total. The minimum Gasteiger partial charge on any atom is -0.337 e. The van der Waals surface area contributed by atoms with Gasteiger partial charge in [0, 0.05) is 23.2 Å². The van der Waals surface area contributed by atoms with Gasteiger partial charge < -0.3 is 5.32 Å². The maximum absolute atomic E-state index is 13.8. The van der Waals surface area contributed by atoms with Crippen molar-refractivity contribution in [3.63, 3.8) is 0 Å². The fraction of sp³-hybridized carbons (Fsp3) is 0.0588. The van der Waals surface area contributed by atoms with E-state index in [1.54, 1.807) is 18.2 Å². The Hall–Kier alpha value is -2.82. The molecule has 0 radical (unpaired) electrons. The molecule has 0 aliphatic heterocycles. The van der Waals surface area contributed by atoms with Gasteiger partial charge in [-0.15, -0.1) is 0 Å². The van der Waals surface area contributed by atoms with Crippen LogP contribution in [0.25, 0.3) is 10.8 Å². The normalized spacial score (nSPS) is 10.7. The van der Waals surface area contributed by atoms with Crippen LogP contribution in [0.2, 0.25) is 0 Å². The third-order valence-electron chi connectivity index (χ3n) is 3.36. The van der Waals surface area contributed by atoms with Crippen molar-refractivity contribution in [3.05, 3.63) is 65.9 Å². The Labute approximate surface area is 125 Å². The Bertz CT molecular complexity index is 878. The fourth-order valence-corrected chi connectivity index (χ4v) is 2.29. The summed E-state index contributed by atoms with van der Waals surface area (Å²) in [6.07, 6.45) is 1.45. The van der Waals surface area contributed by atoms with Crippen LogP contribution in [0.1, 0.15) is 17.3 Å². The number of hydrogen-bond acceptors (Lipinski definition) is 3. The van der Waals surface area contributed by atoms with E-state index >= 15 is 0 Å². The lowest BCUT2D eigenvalue weighted by molar-refractivity contribution is 0.101. The van der Waals surface area contributed by atoms with Gasteiger partial charge in [0.05, 0.1) is 5.69 Å². The molecule has 22 heavy (non-hydrogen) atoms. The zero-order valence-corrected chi connectivity index (χ0v) is 11.7. The van der Waals surface area contributed by atoms with Crippen LogP contribution in [-0.4, -0.2) is 10.8 Å². The first-order valence-electron chi connectivity index (χ1n) is 6.67. The zero-order chi connectivity index (χ0) is 15.7. The van der Waals surface area contributed by atoms with E-state index in [9.17, 15) is 13.6 Å². The number of pyridine rings is 1. The summed E-state index contributed by atoms with van der Waals surface area (Å²) in [6, 6.07) is 10.5. The van der Waals surface area contributed by atoms with Gasteiger partial charge in [0.15, 0.2) is 5.78 Å². The van der Waals surface area contributed by atoms with Crippen molar-refractivity contribution in [2.75, 3.05) is 5.32 Å². The highest BCUT2D eigenvalue weighted by Crippen LogP contribution is 2.28. The zero-order valence-electron chi connectivity index (χ0n) is 11.7. The molecule has 1 aromatic heterocycles.